The SMILES string of the molecule is C=C(C)CNC(=NCC(=O)N(C)C)N1CCN(c2nc(CC)ns2)CC1. The Morgan fingerprint density at radius 2 is 2.04 bits per heavy atom. The van der Waals surface area contributed by atoms with Crippen LogP contribution in [0.2, 0.25) is 0 Å². The Kier molecular flexibility index (Phi) is 7.38. The lowest BCUT2D eigenvalue weighted by Gasteiger charge is -2.36. The van der Waals surface area contributed by atoms with Gasteiger partial charge in [-0.15, -0.1) is 0 Å². The lowest BCUT2D eigenvalue weighted by molar-refractivity contribution is -0.127. The molecule has 8 nitrogen and oxygen atoms in total. The first-order valence-corrected chi connectivity index (χ1v) is 9.63. The number of guanidine groups is 1. The number of hydrogen-bond donors (Lipinski definition) is 1. The summed E-state index contributed by atoms with van der Waals surface area (Å²) in [5.41, 5.74) is 1.02. The van der Waals surface area contributed by atoms with Crippen LogP contribution in [0.5, 0.6) is 0 Å². The maximum absolute atomic E-state index is 11.9. The Labute approximate surface area is 159 Å². The van der Waals surface area contributed by atoms with Gasteiger partial charge in [0.25, 0.3) is 0 Å². The van der Waals surface area contributed by atoms with E-state index < -0.39 is 0 Å². The summed E-state index contributed by atoms with van der Waals surface area (Å²) in [5, 5.41) is 4.30. The van der Waals surface area contributed by atoms with Crippen molar-refractivity contribution < 1.29 is 4.79 Å². The Hall–Kier alpha value is -2.16. The van der Waals surface area contributed by atoms with Gasteiger partial charge in [0.1, 0.15) is 12.4 Å². The van der Waals surface area contributed by atoms with Crippen LogP contribution in [0.1, 0.15) is 19.7 Å². The Bertz CT molecular complexity index is 647. The second-order valence-corrected chi connectivity index (χ2v) is 7.29. The normalized spacial score (nSPS) is 15.2. The number of carbonyl (C=O) groups is 1. The van der Waals surface area contributed by atoms with Crippen molar-refractivity contribution in [3.63, 3.8) is 0 Å². The first-order chi connectivity index (χ1) is 12.4. The second-order valence-electron chi connectivity index (χ2n) is 6.56. The average molecular weight is 380 g/mol. The van der Waals surface area contributed by atoms with Crippen LogP contribution in [0.25, 0.3) is 0 Å². The van der Waals surface area contributed by atoms with E-state index in [9.17, 15) is 4.79 Å². The first-order valence-electron chi connectivity index (χ1n) is 8.86. The van der Waals surface area contributed by atoms with Crippen molar-refractivity contribution in [1.82, 2.24) is 24.5 Å². The molecule has 0 atom stereocenters. The van der Waals surface area contributed by atoms with Gasteiger partial charge < -0.3 is 20.0 Å². The van der Waals surface area contributed by atoms with E-state index in [0.717, 1.165) is 55.1 Å². The number of nitrogens with one attached hydrogen (secondary N) is 1. The number of amides is 1. The fourth-order valence-corrected chi connectivity index (χ4v) is 3.21. The number of aliphatic imine (C=N–C) groups is 1. The van der Waals surface area contributed by atoms with Gasteiger partial charge in [-0.2, -0.15) is 4.37 Å². The van der Waals surface area contributed by atoms with Crippen LogP contribution in [-0.2, 0) is 11.2 Å². The van der Waals surface area contributed by atoms with E-state index in [1.54, 1.807) is 19.0 Å². The zero-order chi connectivity index (χ0) is 19.1. The van der Waals surface area contributed by atoms with Gasteiger partial charge in [0, 0.05) is 64.8 Å². The molecule has 1 aliphatic heterocycles. The molecule has 1 amide bonds. The fourth-order valence-electron chi connectivity index (χ4n) is 2.41. The molecule has 0 aromatic carbocycles. The zero-order valence-electron chi connectivity index (χ0n) is 16.2. The largest absolute Gasteiger partial charge is 0.352 e. The summed E-state index contributed by atoms with van der Waals surface area (Å²) in [5.74, 6) is 1.65. The van der Waals surface area contributed by atoms with Gasteiger partial charge in [-0.25, -0.2) is 9.98 Å². The molecule has 1 N–H and O–H groups in total. The van der Waals surface area contributed by atoms with Gasteiger partial charge in [0.15, 0.2) is 5.96 Å². The highest BCUT2D eigenvalue weighted by molar-refractivity contribution is 7.09. The standard InChI is InChI=1S/C17H29N7OS/c1-6-14-20-17(26-21-14)24-9-7-23(8-10-24)16(18-11-13(2)3)19-12-15(25)22(4)5/h2,6-12H2,1,3-5H3,(H,18,19). The van der Waals surface area contributed by atoms with E-state index in [0.29, 0.717) is 6.54 Å². The summed E-state index contributed by atoms with van der Waals surface area (Å²) < 4.78 is 4.37. The molecule has 1 saturated heterocycles. The minimum Gasteiger partial charge on any atom is -0.352 e. The molecular weight excluding hydrogens is 350 g/mol. The van der Waals surface area contributed by atoms with E-state index >= 15 is 0 Å². The minimum atomic E-state index is -0.0146. The van der Waals surface area contributed by atoms with Crippen molar-refractivity contribution in [3.8, 4) is 0 Å². The number of hydrogen-bond acceptors (Lipinski definition) is 6. The minimum absolute atomic E-state index is 0.0146. The van der Waals surface area contributed by atoms with E-state index in [1.807, 2.05) is 6.92 Å². The maximum atomic E-state index is 11.9. The first kappa shape index (κ1) is 20.2. The summed E-state index contributed by atoms with van der Waals surface area (Å²) in [4.78, 5) is 26.9. The topological polar surface area (TPSA) is 77.0 Å². The molecule has 0 spiro atoms. The number of carbonyl (C=O) groups excluding carboxylic acids is 1. The molecule has 0 unspecified atom stereocenters. The summed E-state index contributed by atoms with van der Waals surface area (Å²) >= 11 is 1.46. The maximum Gasteiger partial charge on any atom is 0.243 e. The zero-order valence-corrected chi connectivity index (χ0v) is 17.0. The predicted molar refractivity (Wildman–Crippen MR) is 107 cm³/mol. The molecule has 9 heteroatoms. The lowest BCUT2D eigenvalue weighted by Crippen LogP contribution is -2.53. The molecule has 0 aliphatic carbocycles. The lowest BCUT2D eigenvalue weighted by atomic mass is 10.3. The molecule has 0 saturated carbocycles. The van der Waals surface area contributed by atoms with Gasteiger partial charge in [-0.3, -0.25) is 4.79 Å². The van der Waals surface area contributed by atoms with Crippen LogP contribution in [0, 0.1) is 0 Å². The number of piperazine rings is 1. The Morgan fingerprint density at radius 3 is 2.58 bits per heavy atom. The van der Waals surface area contributed by atoms with Crippen molar-refractivity contribution in [3.05, 3.63) is 18.0 Å². The smallest absolute Gasteiger partial charge is 0.243 e. The predicted octanol–water partition coefficient (Wildman–Crippen LogP) is 0.832. The third-order valence-electron chi connectivity index (χ3n) is 4.03. The van der Waals surface area contributed by atoms with E-state index in [-0.39, 0.29) is 12.5 Å². The Balaban J connectivity index is 1.98. The highest BCUT2D eigenvalue weighted by atomic mass is 32.1. The van der Waals surface area contributed by atoms with Gasteiger partial charge >= 0.3 is 0 Å². The number of aryl methyl sites for hydroxylation is 1. The highest BCUT2D eigenvalue weighted by Crippen LogP contribution is 2.19. The van der Waals surface area contributed by atoms with Crippen LogP contribution in [0.15, 0.2) is 17.1 Å². The quantitative estimate of drug-likeness (QED) is 0.448. The van der Waals surface area contributed by atoms with Crippen molar-refractivity contribution in [2.24, 2.45) is 4.99 Å². The molecule has 2 heterocycles. The summed E-state index contributed by atoms with van der Waals surface area (Å²) in [6.07, 6.45) is 0.859. The molecule has 1 fully saturated rings. The van der Waals surface area contributed by atoms with Gasteiger partial charge in [-0.1, -0.05) is 19.1 Å². The molecule has 0 radical (unpaired) electrons. The average Bonchev–Trinajstić information content (AvgIpc) is 3.10. The number of nitrogens with zero attached hydrogens (tertiary/aromatic N) is 6. The number of aromatic nitrogens is 2. The van der Waals surface area contributed by atoms with E-state index in [1.165, 1.54) is 11.5 Å². The van der Waals surface area contributed by atoms with Crippen molar-refractivity contribution in [2.75, 3.05) is 58.3 Å². The molecule has 0 bridgehead atoms. The monoisotopic (exact) mass is 379 g/mol. The van der Waals surface area contributed by atoms with E-state index in [4.69, 9.17) is 0 Å². The third kappa shape index (κ3) is 5.69. The molecule has 26 heavy (non-hydrogen) atoms. The summed E-state index contributed by atoms with van der Waals surface area (Å²) in [6, 6.07) is 0. The van der Waals surface area contributed by atoms with Gasteiger partial charge in [-0.05, 0) is 6.92 Å². The molecule has 2 rings (SSSR count). The van der Waals surface area contributed by atoms with E-state index in [2.05, 4.69) is 43.0 Å². The summed E-state index contributed by atoms with van der Waals surface area (Å²) in [7, 11) is 3.48. The fraction of sp³-hybridized carbons (Fsp3) is 0.647. The molecule has 1 aromatic heterocycles. The highest BCUT2D eigenvalue weighted by Gasteiger charge is 2.22. The van der Waals surface area contributed by atoms with Gasteiger partial charge in [0.2, 0.25) is 11.0 Å². The Morgan fingerprint density at radius 1 is 1.35 bits per heavy atom. The van der Waals surface area contributed by atoms with Gasteiger partial charge in [0.05, 0.1) is 0 Å². The van der Waals surface area contributed by atoms with Crippen LogP contribution < -0.4 is 10.2 Å². The molecule has 1 aliphatic rings. The van der Waals surface area contributed by atoms with Crippen LogP contribution in [0.3, 0.4) is 0 Å². The number of rotatable bonds is 6. The van der Waals surface area contributed by atoms with Crippen molar-refractivity contribution in [1.29, 1.82) is 0 Å². The number of likely N-dealkylation sites (N-methyl/N-ethyl adjacent to an activating group) is 1. The van der Waals surface area contributed by atoms with Crippen molar-refractivity contribution >= 4 is 28.5 Å². The molecular formula is C17H29N7OS. The van der Waals surface area contributed by atoms with Crippen LogP contribution in [-0.4, -0.2) is 84.4 Å². The van der Waals surface area contributed by atoms with Crippen LogP contribution in [0.4, 0.5) is 5.13 Å². The number of anilines is 1. The van der Waals surface area contributed by atoms with Crippen molar-refractivity contribution in [2.45, 2.75) is 20.3 Å². The second kappa shape index (κ2) is 9.51. The molecule has 144 valence electrons. The van der Waals surface area contributed by atoms with Crippen LogP contribution >= 0.6 is 11.5 Å². The summed E-state index contributed by atoms with van der Waals surface area (Å²) in [6.45, 7) is 12.1. The third-order valence-corrected chi connectivity index (χ3v) is 4.85. The molecule has 1 aromatic rings.